The Bertz CT molecular complexity index is 1080. The number of benzene rings is 2. The van der Waals surface area contributed by atoms with E-state index in [9.17, 15) is 4.79 Å². The number of amides is 1. The number of carbonyl (C=O) groups is 1. The molecule has 0 atom stereocenters. The molecule has 0 unspecified atom stereocenters. The number of hydrogen-bond donors (Lipinski definition) is 2. The second kappa shape index (κ2) is 8.46. The number of nitrogens with zero attached hydrogens (tertiary/aromatic N) is 2. The maximum atomic E-state index is 12.3. The van der Waals surface area contributed by atoms with E-state index in [4.69, 9.17) is 15.5 Å². The van der Waals surface area contributed by atoms with Gasteiger partial charge in [0.25, 0.3) is 0 Å². The minimum atomic E-state index is -0.478. The van der Waals surface area contributed by atoms with Crippen molar-refractivity contribution in [2.24, 2.45) is 0 Å². The van der Waals surface area contributed by atoms with E-state index in [0.29, 0.717) is 24.6 Å². The Morgan fingerprint density at radius 1 is 1.06 bits per heavy atom. The minimum absolute atomic E-state index is 0.209. The Morgan fingerprint density at radius 2 is 1.77 bits per heavy atom. The monoisotopic (exact) mass is 418 g/mol. The molecule has 0 spiro atoms. The van der Waals surface area contributed by atoms with E-state index in [2.05, 4.69) is 35.6 Å². The molecular formula is C25H30N4O2. The van der Waals surface area contributed by atoms with Crippen molar-refractivity contribution >= 4 is 28.4 Å². The molecule has 162 valence electrons. The van der Waals surface area contributed by atoms with Gasteiger partial charge in [0.2, 0.25) is 0 Å². The van der Waals surface area contributed by atoms with Gasteiger partial charge in [0.05, 0.1) is 11.4 Å². The van der Waals surface area contributed by atoms with Gasteiger partial charge in [-0.3, -0.25) is 0 Å². The number of rotatable bonds is 3. The van der Waals surface area contributed by atoms with E-state index in [1.54, 1.807) is 4.90 Å². The number of ether oxygens (including phenoxy) is 1. The zero-order chi connectivity index (χ0) is 22.0. The lowest BCUT2D eigenvalue weighted by Gasteiger charge is -2.34. The van der Waals surface area contributed by atoms with Crippen molar-refractivity contribution in [3.8, 4) is 11.3 Å². The Kier molecular flexibility index (Phi) is 5.72. The van der Waals surface area contributed by atoms with Crippen LogP contribution in [0.3, 0.4) is 0 Å². The van der Waals surface area contributed by atoms with Crippen LogP contribution in [0.15, 0.2) is 54.6 Å². The summed E-state index contributed by atoms with van der Waals surface area (Å²) in [5, 5.41) is 5.88. The Balaban J connectivity index is 1.44. The summed E-state index contributed by atoms with van der Waals surface area (Å²) in [6, 6.07) is 18.7. The first-order valence-corrected chi connectivity index (χ1v) is 10.8. The van der Waals surface area contributed by atoms with Gasteiger partial charge in [-0.25, -0.2) is 9.78 Å². The number of nitrogen functional groups attached to an aromatic ring is 1. The highest BCUT2D eigenvalue weighted by Gasteiger charge is 2.27. The maximum absolute atomic E-state index is 12.3. The molecule has 3 N–H and O–H groups in total. The normalized spacial score (nSPS) is 15.1. The van der Waals surface area contributed by atoms with Crippen molar-refractivity contribution in [1.82, 2.24) is 9.88 Å². The summed E-state index contributed by atoms with van der Waals surface area (Å²) in [4.78, 5) is 18.9. The number of aromatic nitrogens is 1. The number of nitrogens with two attached hydrogens (primary N) is 1. The first kappa shape index (κ1) is 21.0. The molecule has 6 heteroatoms. The van der Waals surface area contributed by atoms with E-state index in [-0.39, 0.29) is 12.1 Å². The fraction of sp³-hybridized carbons (Fsp3) is 0.360. The van der Waals surface area contributed by atoms with Gasteiger partial charge in [0.15, 0.2) is 0 Å². The fourth-order valence-electron chi connectivity index (χ4n) is 3.82. The second-order valence-corrected chi connectivity index (χ2v) is 9.08. The lowest BCUT2D eigenvalue weighted by Crippen LogP contribution is -2.44. The molecule has 0 radical (unpaired) electrons. The molecule has 4 rings (SSSR count). The van der Waals surface area contributed by atoms with Crippen LogP contribution in [0.25, 0.3) is 22.0 Å². The van der Waals surface area contributed by atoms with Gasteiger partial charge in [-0.05, 0) is 62.6 Å². The summed E-state index contributed by atoms with van der Waals surface area (Å²) >= 11 is 0. The molecule has 1 saturated heterocycles. The van der Waals surface area contributed by atoms with Crippen LogP contribution < -0.4 is 11.1 Å². The van der Waals surface area contributed by atoms with Gasteiger partial charge in [0, 0.05) is 24.7 Å². The predicted molar refractivity (Wildman–Crippen MR) is 126 cm³/mol. The van der Waals surface area contributed by atoms with E-state index in [1.807, 2.05) is 45.0 Å². The van der Waals surface area contributed by atoms with Crippen molar-refractivity contribution in [1.29, 1.82) is 0 Å². The van der Waals surface area contributed by atoms with Crippen molar-refractivity contribution in [2.45, 2.75) is 45.3 Å². The van der Waals surface area contributed by atoms with Crippen LogP contribution in [0.1, 0.15) is 33.6 Å². The van der Waals surface area contributed by atoms with Crippen LogP contribution in [0, 0.1) is 0 Å². The molecule has 0 aliphatic carbocycles. The van der Waals surface area contributed by atoms with E-state index in [1.165, 1.54) is 10.8 Å². The number of nitrogens with one attached hydrogen (secondary N) is 1. The highest BCUT2D eigenvalue weighted by atomic mass is 16.6. The number of piperidine rings is 1. The van der Waals surface area contributed by atoms with Crippen molar-refractivity contribution in [3.63, 3.8) is 0 Å². The van der Waals surface area contributed by atoms with Crippen LogP contribution in [-0.2, 0) is 4.74 Å². The zero-order valence-electron chi connectivity index (χ0n) is 18.4. The molecule has 1 aliphatic rings. The highest BCUT2D eigenvalue weighted by molar-refractivity contribution is 5.87. The molecule has 31 heavy (non-hydrogen) atoms. The molecule has 6 nitrogen and oxygen atoms in total. The van der Waals surface area contributed by atoms with E-state index < -0.39 is 5.60 Å². The number of anilines is 2. The smallest absolute Gasteiger partial charge is 0.410 e. The van der Waals surface area contributed by atoms with Crippen LogP contribution >= 0.6 is 0 Å². The van der Waals surface area contributed by atoms with Gasteiger partial charge in [-0.1, -0.05) is 36.4 Å². The summed E-state index contributed by atoms with van der Waals surface area (Å²) in [5.74, 6) is 0.696. The molecule has 1 amide bonds. The second-order valence-electron chi connectivity index (χ2n) is 9.08. The fourth-order valence-corrected chi connectivity index (χ4v) is 3.82. The summed E-state index contributed by atoms with van der Waals surface area (Å²) in [5.41, 5.74) is 8.30. The molecule has 0 saturated carbocycles. The van der Waals surface area contributed by atoms with Gasteiger partial charge < -0.3 is 20.7 Å². The van der Waals surface area contributed by atoms with E-state index >= 15 is 0 Å². The molecular weight excluding hydrogens is 388 g/mol. The Hall–Kier alpha value is -3.28. The molecule has 2 heterocycles. The number of likely N-dealkylation sites (tertiary alicyclic amines) is 1. The number of hydrogen-bond acceptors (Lipinski definition) is 5. The van der Waals surface area contributed by atoms with Crippen molar-refractivity contribution in [3.05, 3.63) is 54.6 Å². The SMILES string of the molecule is CC(C)(C)OC(=O)N1CCC(Nc2nc(-c3ccc4ccccc4c3)ccc2N)CC1. The van der Waals surface area contributed by atoms with Crippen LogP contribution in [-0.4, -0.2) is 40.7 Å². The first-order valence-electron chi connectivity index (χ1n) is 10.8. The van der Waals surface area contributed by atoms with Crippen LogP contribution in [0.2, 0.25) is 0 Å². The summed E-state index contributed by atoms with van der Waals surface area (Å²) < 4.78 is 5.48. The molecule has 2 aromatic carbocycles. The van der Waals surface area contributed by atoms with Gasteiger partial charge in [-0.15, -0.1) is 0 Å². The third-order valence-electron chi connectivity index (χ3n) is 5.46. The first-order chi connectivity index (χ1) is 14.8. The summed E-state index contributed by atoms with van der Waals surface area (Å²) in [6.45, 7) is 6.95. The largest absolute Gasteiger partial charge is 0.444 e. The topological polar surface area (TPSA) is 80.5 Å². The third-order valence-corrected chi connectivity index (χ3v) is 5.46. The third kappa shape index (κ3) is 5.08. The Morgan fingerprint density at radius 3 is 2.48 bits per heavy atom. The molecule has 0 bridgehead atoms. The van der Waals surface area contributed by atoms with Gasteiger partial charge in [0.1, 0.15) is 11.4 Å². The zero-order valence-corrected chi connectivity index (χ0v) is 18.4. The molecule has 3 aromatic rings. The van der Waals surface area contributed by atoms with Crippen LogP contribution in [0.5, 0.6) is 0 Å². The number of pyridine rings is 1. The summed E-state index contributed by atoms with van der Waals surface area (Å²) in [7, 11) is 0. The number of fused-ring (bicyclic) bond motifs is 1. The minimum Gasteiger partial charge on any atom is -0.444 e. The molecule has 1 fully saturated rings. The molecule has 1 aliphatic heterocycles. The standard InChI is InChI=1S/C25H30N4O2/c1-25(2,3)31-24(30)29-14-12-20(13-15-29)27-23-21(26)10-11-22(28-23)19-9-8-17-6-4-5-7-18(17)16-19/h4-11,16,20H,12-15,26H2,1-3H3,(H,27,28). The Labute approximate surface area is 183 Å². The lowest BCUT2D eigenvalue weighted by molar-refractivity contribution is 0.0210. The average Bonchev–Trinajstić information content (AvgIpc) is 2.74. The van der Waals surface area contributed by atoms with Crippen LogP contribution in [0.4, 0.5) is 16.3 Å². The van der Waals surface area contributed by atoms with Crippen molar-refractivity contribution < 1.29 is 9.53 Å². The lowest BCUT2D eigenvalue weighted by atomic mass is 10.0. The quantitative estimate of drug-likeness (QED) is 0.604. The van der Waals surface area contributed by atoms with Crippen molar-refractivity contribution in [2.75, 3.05) is 24.1 Å². The predicted octanol–water partition coefficient (Wildman–Crippen LogP) is 5.30. The molecule has 1 aromatic heterocycles. The van der Waals surface area contributed by atoms with E-state index in [0.717, 1.165) is 24.1 Å². The van der Waals surface area contributed by atoms with Gasteiger partial charge in [-0.2, -0.15) is 0 Å². The average molecular weight is 419 g/mol. The number of carbonyl (C=O) groups excluding carboxylic acids is 1. The maximum Gasteiger partial charge on any atom is 0.410 e. The summed E-state index contributed by atoms with van der Waals surface area (Å²) in [6.07, 6.45) is 1.39. The van der Waals surface area contributed by atoms with Gasteiger partial charge >= 0.3 is 6.09 Å². The highest BCUT2D eigenvalue weighted by Crippen LogP contribution is 2.28.